The molecule has 1 amide bonds. The van der Waals surface area contributed by atoms with Crippen LogP contribution in [0.15, 0.2) is 6.07 Å². The Morgan fingerprint density at radius 3 is 2.56 bits per heavy atom. The molecule has 0 bridgehead atoms. The van der Waals surface area contributed by atoms with Gasteiger partial charge in [-0.25, -0.2) is 4.98 Å². The van der Waals surface area contributed by atoms with Gasteiger partial charge in [0.15, 0.2) is 0 Å². The highest BCUT2D eigenvalue weighted by Gasteiger charge is 2.35. The summed E-state index contributed by atoms with van der Waals surface area (Å²) in [6.07, 6.45) is 0. The molecule has 1 fully saturated rings. The first-order valence-corrected chi connectivity index (χ1v) is 5.66. The van der Waals surface area contributed by atoms with Crippen molar-refractivity contribution in [1.82, 2.24) is 4.98 Å². The molecule has 1 saturated heterocycles. The number of anilines is 1. The lowest BCUT2D eigenvalue weighted by Gasteiger charge is -2.38. The average molecular weight is 249 g/mol. The molecule has 18 heavy (non-hydrogen) atoms. The molecule has 1 aliphatic rings. The van der Waals surface area contributed by atoms with Crippen molar-refractivity contribution in [3.63, 3.8) is 0 Å². The molecule has 0 spiro atoms. The van der Waals surface area contributed by atoms with Gasteiger partial charge in [-0.1, -0.05) is 0 Å². The lowest BCUT2D eigenvalue weighted by molar-refractivity contribution is -0.142. The lowest BCUT2D eigenvalue weighted by Crippen LogP contribution is -2.51. The van der Waals surface area contributed by atoms with Crippen molar-refractivity contribution in [3.05, 3.63) is 22.9 Å². The Bertz CT molecular complexity index is 522. The standard InChI is InChI=1S/C12H15N3O3/c1-6-3-7(2)14-11(9(6)10(13)16)15-4-8(5-15)12(17)18/h3,8H,4-5H2,1-2H3,(H2,13,16)(H,17,18). The Labute approximate surface area is 104 Å². The minimum Gasteiger partial charge on any atom is -0.481 e. The van der Waals surface area contributed by atoms with E-state index in [0.29, 0.717) is 24.5 Å². The molecule has 1 aromatic rings. The second-order valence-electron chi connectivity index (χ2n) is 4.58. The molecule has 6 heteroatoms. The number of carboxylic acids is 1. The van der Waals surface area contributed by atoms with Crippen LogP contribution in [0.2, 0.25) is 0 Å². The Morgan fingerprint density at radius 2 is 2.06 bits per heavy atom. The van der Waals surface area contributed by atoms with Crippen LogP contribution >= 0.6 is 0 Å². The van der Waals surface area contributed by atoms with Crippen molar-refractivity contribution in [1.29, 1.82) is 0 Å². The maximum absolute atomic E-state index is 11.5. The van der Waals surface area contributed by atoms with Gasteiger partial charge in [-0.05, 0) is 25.5 Å². The van der Waals surface area contributed by atoms with Crippen molar-refractivity contribution in [2.45, 2.75) is 13.8 Å². The van der Waals surface area contributed by atoms with Gasteiger partial charge in [-0.3, -0.25) is 9.59 Å². The Balaban J connectivity index is 2.34. The minimum absolute atomic E-state index is 0.367. The first-order valence-electron chi connectivity index (χ1n) is 5.66. The van der Waals surface area contributed by atoms with Crippen LogP contribution < -0.4 is 10.6 Å². The van der Waals surface area contributed by atoms with Crippen LogP contribution in [0.4, 0.5) is 5.82 Å². The third-order valence-electron chi connectivity index (χ3n) is 3.10. The number of aliphatic carboxylic acids is 1. The fourth-order valence-corrected chi connectivity index (χ4v) is 2.16. The predicted molar refractivity (Wildman–Crippen MR) is 65.6 cm³/mol. The first-order chi connectivity index (χ1) is 8.40. The molecule has 2 heterocycles. The molecule has 0 aromatic carbocycles. The van der Waals surface area contributed by atoms with E-state index < -0.39 is 17.8 Å². The minimum atomic E-state index is -0.823. The Morgan fingerprint density at radius 1 is 1.44 bits per heavy atom. The van der Waals surface area contributed by atoms with Crippen LogP contribution in [-0.4, -0.2) is 35.1 Å². The van der Waals surface area contributed by atoms with E-state index in [1.54, 1.807) is 17.9 Å². The Kier molecular flexibility index (Phi) is 2.94. The van der Waals surface area contributed by atoms with Gasteiger partial charge in [0.05, 0.1) is 11.5 Å². The largest absolute Gasteiger partial charge is 0.481 e. The maximum atomic E-state index is 11.5. The summed E-state index contributed by atoms with van der Waals surface area (Å²) in [7, 11) is 0. The quantitative estimate of drug-likeness (QED) is 0.804. The molecular formula is C12H15N3O3. The highest BCUT2D eigenvalue weighted by molar-refractivity contribution is 5.99. The summed E-state index contributed by atoms with van der Waals surface area (Å²) >= 11 is 0. The molecule has 1 aromatic heterocycles. The van der Waals surface area contributed by atoms with Gasteiger partial charge in [-0.15, -0.1) is 0 Å². The second-order valence-corrected chi connectivity index (χ2v) is 4.58. The smallest absolute Gasteiger partial charge is 0.310 e. The van der Waals surface area contributed by atoms with Gasteiger partial charge in [0, 0.05) is 18.8 Å². The molecule has 6 nitrogen and oxygen atoms in total. The van der Waals surface area contributed by atoms with Crippen LogP contribution in [0, 0.1) is 19.8 Å². The maximum Gasteiger partial charge on any atom is 0.310 e. The molecule has 0 saturated carbocycles. The van der Waals surface area contributed by atoms with Crippen LogP contribution in [-0.2, 0) is 4.79 Å². The lowest BCUT2D eigenvalue weighted by atomic mass is 9.98. The molecule has 0 unspecified atom stereocenters. The number of carboxylic acid groups (broad SMARTS) is 1. The zero-order valence-electron chi connectivity index (χ0n) is 10.3. The number of carbonyl (C=O) groups is 2. The van der Waals surface area contributed by atoms with Crippen molar-refractivity contribution < 1.29 is 14.7 Å². The van der Waals surface area contributed by atoms with Crippen molar-refractivity contribution in [2.24, 2.45) is 11.7 Å². The van der Waals surface area contributed by atoms with Gasteiger partial charge in [-0.2, -0.15) is 0 Å². The van der Waals surface area contributed by atoms with Gasteiger partial charge in [0.2, 0.25) is 0 Å². The van der Waals surface area contributed by atoms with Gasteiger partial charge < -0.3 is 15.7 Å². The predicted octanol–water partition coefficient (Wildman–Crippen LogP) is 0.318. The number of hydrogen-bond donors (Lipinski definition) is 2. The molecule has 0 aliphatic carbocycles. The summed E-state index contributed by atoms with van der Waals surface area (Å²) in [5.41, 5.74) is 7.28. The fourth-order valence-electron chi connectivity index (χ4n) is 2.16. The summed E-state index contributed by atoms with van der Waals surface area (Å²) in [6.45, 7) is 4.36. The molecule has 1 aliphatic heterocycles. The van der Waals surface area contributed by atoms with Gasteiger partial charge >= 0.3 is 5.97 Å². The molecule has 96 valence electrons. The first kappa shape index (κ1) is 12.3. The third kappa shape index (κ3) is 2.01. The van der Waals surface area contributed by atoms with E-state index >= 15 is 0 Å². The number of rotatable bonds is 3. The van der Waals surface area contributed by atoms with Gasteiger partial charge in [0.25, 0.3) is 5.91 Å². The van der Waals surface area contributed by atoms with Gasteiger partial charge in [0.1, 0.15) is 5.82 Å². The van der Waals surface area contributed by atoms with Crippen LogP contribution in [0.5, 0.6) is 0 Å². The second kappa shape index (κ2) is 4.29. The topological polar surface area (TPSA) is 96.5 Å². The number of nitrogens with two attached hydrogens (primary N) is 1. The summed E-state index contributed by atoms with van der Waals surface area (Å²) < 4.78 is 0. The zero-order chi connectivity index (χ0) is 13.4. The Hall–Kier alpha value is -2.11. The number of aromatic nitrogens is 1. The van der Waals surface area contributed by atoms with E-state index in [1.165, 1.54) is 0 Å². The number of aryl methyl sites for hydroxylation is 2. The van der Waals surface area contributed by atoms with E-state index in [1.807, 2.05) is 6.92 Å². The number of nitrogens with zero attached hydrogens (tertiary/aromatic N) is 2. The summed E-state index contributed by atoms with van der Waals surface area (Å²) in [5.74, 6) is -1.25. The molecule has 0 atom stereocenters. The third-order valence-corrected chi connectivity index (χ3v) is 3.10. The molecule has 3 N–H and O–H groups in total. The summed E-state index contributed by atoms with van der Waals surface area (Å²) in [5, 5.41) is 8.85. The van der Waals surface area contributed by atoms with E-state index in [0.717, 1.165) is 11.3 Å². The summed E-state index contributed by atoms with van der Waals surface area (Å²) in [4.78, 5) is 28.3. The number of amides is 1. The highest BCUT2D eigenvalue weighted by Crippen LogP contribution is 2.28. The molecule has 0 radical (unpaired) electrons. The normalized spacial score (nSPS) is 15.3. The van der Waals surface area contributed by atoms with Crippen molar-refractivity contribution >= 4 is 17.7 Å². The monoisotopic (exact) mass is 249 g/mol. The number of primary amides is 1. The zero-order valence-corrected chi connectivity index (χ0v) is 10.3. The summed E-state index contributed by atoms with van der Waals surface area (Å²) in [6, 6.07) is 1.79. The number of hydrogen-bond acceptors (Lipinski definition) is 4. The van der Waals surface area contributed by atoms with E-state index in [4.69, 9.17) is 10.8 Å². The van der Waals surface area contributed by atoms with Crippen LogP contribution in [0.3, 0.4) is 0 Å². The number of pyridine rings is 1. The van der Waals surface area contributed by atoms with E-state index in [-0.39, 0.29) is 0 Å². The highest BCUT2D eigenvalue weighted by atomic mass is 16.4. The van der Waals surface area contributed by atoms with Crippen molar-refractivity contribution in [2.75, 3.05) is 18.0 Å². The van der Waals surface area contributed by atoms with E-state index in [2.05, 4.69) is 4.98 Å². The van der Waals surface area contributed by atoms with E-state index in [9.17, 15) is 9.59 Å². The molecule has 2 rings (SSSR count). The fraction of sp³-hybridized carbons (Fsp3) is 0.417. The van der Waals surface area contributed by atoms with Crippen LogP contribution in [0.25, 0.3) is 0 Å². The number of carbonyl (C=O) groups excluding carboxylic acids is 1. The SMILES string of the molecule is Cc1cc(C)c(C(N)=O)c(N2CC(C(=O)O)C2)n1. The van der Waals surface area contributed by atoms with Crippen molar-refractivity contribution in [3.8, 4) is 0 Å². The molecular weight excluding hydrogens is 234 g/mol. The van der Waals surface area contributed by atoms with Crippen LogP contribution in [0.1, 0.15) is 21.6 Å². The average Bonchev–Trinajstić information content (AvgIpc) is 2.11.